The molecule has 0 spiro atoms. The van der Waals surface area contributed by atoms with Crippen LogP contribution < -0.4 is 14.4 Å². The van der Waals surface area contributed by atoms with Crippen LogP contribution in [0.3, 0.4) is 0 Å². The summed E-state index contributed by atoms with van der Waals surface area (Å²) >= 11 is 0. The average molecular weight is 299 g/mol. The molecule has 0 saturated carbocycles. The first-order chi connectivity index (χ1) is 9.29. The number of ether oxygens (including phenoxy) is 1. The number of carbonyl (C=O) groups is 1. The average Bonchev–Trinajstić information content (AvgIpc) is 2.36. The van der Waals surface area contributed by atoms with Gasteiger partial charge in [-0.3, -0.25) is 4.31 Å². The molecule has 1 aromatic rings. The van der Waals surface area contributed by atoms with Gasteiger partial charge in [0.1, 0.15) is 12.4 Å². The van der Waals surface area contributed by atoms with Crippen LogP contribution in [0.4, 0.5) is 16.2 Å². The normalized spacial score (nSPS) is 14.2. The third-order valence-corrected chi connectivity index (χ3v) is 4.02. The van der Waals surface area contributed by atoms with Crippen LogP contribution >= 0.6 is 0 Å². The molecule has 2 amide bonds. The van der Waals surface area contributed by atoms with Crippen molar-refractivity contribution in [1.29, 1.82) is 0 Å². The van der Waals surface area contributed by atoms with Gasteiger partial charge in [-0.25, -0.2) is 13.2 Å². The fourth-order valence-corrected chi connectivity index (χ4v) is 2.77. The van der Waals surface area contributed by atoms with Gasteiger partial charge in [0, 0.05) is 25.8 Å². The molecule has 0 unspecified atom stereocenters. The summed E-state index contributed by atoms with van der Waals surface area (Å²) in [5.41, 5.74) is 1.04. The number of fused-ring (bicyclic) bond motifs is 1. The fourth-order valence-electron chi connectivity index (χ4n) is 1.85. The Morgan fingerprint density at radius 1 is 1.40 bits per heavy atom. The first-order valence-electron chi connectivity index (χ1n) is 6.02. The van der Waals surface area contributed by atoms with Gasteiger partial charge in [0.25, 0.3) is 0 Å². The molecule has 0 aromatic heterocycles. The zero-order chi connectivity index (χ0) is 14.9. The number of sulfonamides is 1. The zero-order valence-electron chi connectivity index (χ0n) is 11.6. The van der Waals surface area contributed by atoms with Crippen LogP contribution in [0.5, 0.6) is 5.75 Å². The van der Waals surface area contributed by atoms with Crippen molar-refractivity contribution in [2.45, 2.75) is 0 Å². The van der Waals surface area contributed by atoms with Gasteiger partial charge in [-0.05, 0) is 12.1 Å². The number of urea groups is 1. The highest BCUT2D eigenvalue weighted by molar-refractivity contribution is 7.92. The lowest BCUT2D eigenvalue weighted by Gasteiger charge is -2.29. The molecule has 8 heteroatoms. The Morgan fingerprint density at radius 2 is 2.10 bits per heavy atom. The third-order valence-electron chi connectivity index (χ3n) is 2.84. The molecule has 0 aliphatic carbocycles. The van der Waals surface area contributed by atoms with E-state index in [1.165, 1.54) is 9.21 Å². The van der Waals surface area contributed by atoms with Crippen molar-refractivity contribution in [2.24, 2.45) is 0 Å². The minimum atomic E-state index is -3.33. The molecule has 0 saturated heterocycles. The van der Waals surface area contributed by atoms with Gasteiger partial charge in [-0.1, -0.05) is 0 Å². The van der Waals surface area contributed by atoms with Crippen molar-refractivity contribution in [2.75, 3.05) is 43.1 Å². The fraction of sp³-hybridized carbons (Fsp3) is 0.417. The molecule has 0 bridgehead atoms. The summed E-state index contributed by atoms with van der Waals surface area (Å²) in [7, 11) is -0.0618. The quantitative estimate of drug-likeness (QED) is 0.881. The van der Waals surface area contributed by atoms with E-state index < -0.39 is 10.0 Å². The Kier molecular flexibility index (Phi) is 3.76. The maximum Gasteiger partial charge on any atom is 0.321 e. The molecule has 0 fully saturated rings. The monoisotopic (exact) mass is 299 g/mol. The highest BCUT2D eigenvalue weighted by atomic mass is 32.2. The Bertz CT molecular complexity index is 628. The Morgan fingerprint density at radius 3 is 2.70 bits per heavy atom. The minimum absolute atomic E-state index is 0.263. The SMILES string of the molecule is CN(C)C(=O)Nc1ccc2c(c1)OCCN2S(C)(=O)=O. The molecule has 20 heavy (non-hydrogen) atoms. The molecule has 110 valence electrons. The Hall–Kier alpha value is -1.96. The summed E-state index contributed by atoms with van der Waals surface area (Å²) in [6, 6.07) is 4.63. The van der Waals surface area contributed by atoms with Gasteiger partial charge < -0.3 is 15.0 Å². The molecule has 1 N–H and O–H groups in total. The number of amides is 2. The van der Waals surface area contributed by atoms with Crippen molar-refractivity contribution in [3.05, 3.63) is 18.2 Å². The van der Waals surface area contributed by atoms with Crippen molar-refractivity contribution in [3.8, 4) is 5.75 Å². The first-order valence-corrected chi connectivity index (χ1v) is 7.87. The van der Waals surface area contributed by atoms with Gasteiger partial charge in [-0.15, -0.1) is 0 Å². The number of benzene rings is 1. The first kappa shape index (κ1) is 14.4. The minimum Gasteiger partial charge on any atom is -0.489 e. The number of rotatable bonds is 2. The number of nitrogens with zero attached hydrogens (tertiary/aromatic N) is 2. The number of carbonyl (C=O) groups excluding carboxylic acids is 1. The smallest absolute Gasteiger partial charge is 0.321 e. The zero-order valence-corrected chi connectivity index (χ0v) is 12.4. The molecular weight excluding hydrogens is 282 g/mol. The predicted molar refractivity (Wildman–Crippen MR) is 76.8 cm³/mol. The molecule has 0 atom stereocenters. The van der Waals surface area contributed by atoms with Crippen molar-refractivity contribution >= 4 is 27.4 Å². The van der Waals surface area contributed by atoms with E-state index in [-0.39, 0.29) is 19.2 Å². The van der Waals surface area contributed by atoms with Crippen molar-refractivity contribution < 1.29 is 17.9 Å². The van der Waals surface area contributed by atoms with Crippen LogP contribution in [0.15, 0.2) is 18.2 Å². The molecular formula is C12H17N3O4S. The highest BCUT2D eigenvalue weighted by Gasteiger charge is 2.25. The van der Waals surface area contributed by atoms with Gasteiger partial charge in [0.2, 0.25) is 10.0 Å². The summed E-state index contributed by atoms with van der Waals surface area (Å²) in [5.74, 6) is 0.443. The van der Waals surface area contributed by atoms with Gasteiger partial charge >= 0.3 is 6.03 Å². The number of hydrogen-bond donors (Lipinski definition) is 1. The maximum absolute atomic E-state index is 11.7. The lowest BCUT2D eigenvalue weighted by atomic mass is 10.2. The van der Waals surface area contributed by atoms with E-state index in [0.717, 1.165) is 6.26 Å². The molecule has 1 aromatic carbocycles. The number of hydrogen-bond acceptors (Lipinski definition) is 4. The van der Waals surface area contributed by atoms with Gasteiger partial charge in [-0.2, -0.15) is 0 Å². The van der Waals surface area contributed by atoms with Crippen molar-refractivity contribution in [3.63, 3.8) is 0 Å². The van der Waals surface area contributed by atoms with E-state index in [4.69, 9.17) is 4.74 Å². The van der Waals surface area contributed by atoms with Crippen molar-refractivity contribution in [1.82, 2.24) is 4.90 Å². The lowest BCUT2D eigenvalue weighted by molar-refractivity contribution is 0.230. The van der Waals surface area contributed by atoms with Gasteiger partial charge in [0.05, 0.1) is 18.5 Å². The molecule has 0 radical (unpaired) electrons. The van der Waals surface area contributed by atoms with Crippen LogP contribution in [-0.2, 0) is 10.0 Å². The van der Waals surface area contributed by atoms with E-state index in [2.05, 4.69) is 5.32 Å². The number of nitrogens with one attached hydrogen (secondary N) is 1. The highest BCUT2D eigenvalue weighted by Crippen LogP contribution is 2.35. The second kappa shape index (κ2) is 5.20. The molecule has 2 rings (SSSR count). The molecule has 1 heterocycles. The van der Waals surface area contributed by atoms with Crippen LogP contribution in [0, 0.1) is 0 Å². The maximum atomic E-state index is 11.7. The topological polar surface area (TPSA) is 79.0 Å². The van der Waals surface area contributed by atoms with Gasteiger partial charge in [0.15, 0.2) is 0 Å². The van der Waals surface area contributed by atoms with E-state index in [1.54, 1.807) is 32.3 Å². The second-order valence-electron chi connectivity index (χ2n) is 4.69. The Balaban J connectivity index is 2.30. The molecule has 1 aliphatic rings. The lowest BCUT2D eigenvalue weighted by Crippen LogP contribution is -2.37. The second-order valence-corrected chi connectivity index (χ2v) is 6.60. The van der Waals surface area contributed by atoms with Crippen LogP contribution in [0.2, 0.25) is 0 Å². The van der Waals surface area contributed by atoms with Crippen LogP contribution in [0.25, 0.3) is 0 Å². The Labute approximate surface area is 118 Å². The summed E-state index contributed by atoms with van der Waals surface area (Å²) in [4.78, 5) is 13.0. The molecule has 1 aliphatic heterocycles. The van der Waals surface area contributed by atoms with E-state index in [1.807, 2.05) is 0 Å². The van der Waals surface area contributed by atoms with E-state index in [9.17, 15) is 13.2 Å². The predicted octanol–water partition coefficient (Wildman–Crippen LogP) is 0.939. The number of anilines is 2. The van der Waals surface area contributed by atoms with E-state index in [0.29, 0.717) is 17.1 Å². The summed E-state index contributed by atoms with van der Waals surface area (Å²) in [6.07, 6.45) is 1.16. The standard InChI is InChI=1S/C12H17N3O4S/c1-14(2)12(16)13-9-4-5-10-11(8-9)19-7-6-15(10)20(3,17)18/h4-5,8H,6-7H2,1-3H3,(H,13,16). The largest absolute Gasteiger partial charge is 0.489 e. The third kappa shape index (κ3) is 2.96. The van der Waals surface area contributed by atoms with Crippen LogP contribution in [-0.4, -0.2) is 52.9 Å². The summed E-state index contributed by atoms with van der Waals surface area (Å²) in [6.45, 7) is 0.570. The van der Waals surface area contributed by atoms with Crippen LogP contribution in [0.1, 0.15) is 0 Å². The summed E-state index contributed by atoms with van der Waals surface area (Å²) in [5, 5.41) is 2.68. The van der Waals surface area contributed by atoms with E-state index >= 15 is 0 Å². The molecule has 7 nitrogen and oxygen atoms in total. The summed E-state index contributed by atoms with van der Waals surface area (Å²) < 4.78 is 30.1.